The number of sulfonamides is 1. The van der Waals surface area contributed by atoms with Crippen molar-refractivity contribution < 1.29 is 17.2 Å². The zero-order valence-electron chi connectivity index (χ0n) is 15.2. The van der Waals surface area contributed by atoms with E-state index in [9.17, 15) is 17.2 Å². The standard InChI is InChI=1S/C21H17F2N3O2S/c22-15-9-13(10-16(23)12-15)5-8-21-25-18-7-6-14(11-19(18)26-21)17-3-1-2-4-20(17)29(24,27)28/h1-4,6-7,9-12H,5,8H2,(H,25,26)(H2,24,27,28). The van der Waals surface area contributed by atoms with Gasteiger partial charge in [-0.25, -0.2) is 27.3 Å². The van der Waals surface area contributed by atoms with Crippen LogP contribution in [0.15, 0.2) is 65.6 Å². The third kappa shape index (κ3) is 4.18. The Morgan fingerprint density at radius 1 is 0.931 bits per heavy atom. The monoisotopic (exact) mass is 413 g/mol. The van der Waals surface area contributed by atoms with Crippen LogP contribution in [-0.2, 0) is 22.9 Å². The highest BCUT2D eigenvalue weighted by Crippen LogP contribution is 2.28. The first-order valence-electron chi connectivity index (χ1n) is 8.85. The Morgan fingerprint density at radius 3 is 2.38 bits per heavy atom. The zero-order valence-corrected chi connectivity index (χ0v) is 16.0. The Hall–Kier alpha value is -3.10. The molecule has 5 nitrogen and oxygen atoms in total. The van der Waals surface area contributed by atoms with E-state index in [0.29, 0.717) is 40.9 Å². The van der Waals surface area contributed by atoms with Crippen LogP contribution >= 0.6 is 0 Å². The number of imidazole rings is 1. The molecule has 0 radical (unpaired) electrons. The largest absolute Gasteiger partial charge is 0.342 e. The molecule has 3 N–H and O–H groups in total. The average Bonchev–Trinajstić information content (AvgIpc) is 3.07. The minimum Gasteiger partial charge on any atom is -0.342 e. The molecular weight excluding hydrogens is 396 g/mol. The number of nitrogens with one attached hydrogen (secondary N) is 1. The number of fused-ring (bicyclic) bond motifs is 1. The molecule has 0 amide bonds. The van der Waals surface area contributed by atoms with Crippen LogP contribution in [0.2, 0.25) is 0 Å². The van der Waals surface area contributed by atoms with E-state index >= 15 is 0 Å². The maximum Gasteiger partial charge on any atom is 0.238 e. The summed E-state index contributed by atoms with van der Waals surface area (Å²) in [5, 5.41) is 5.32. The number of nitrogens with zero attached hydrogens (tertiary/aromatic N) is 1. The van der Waals surface area contributed by atoms with Gasteiger partial charge in [-0.15, -0.1) is 0 Å². The lowest BCUT2D eigenvalue weighted by Gasteiger charge is -2.07. The summed E-state index contributed by atoms with van der Waals surface area (Å²) in [5.41, 5.74) is 3.16. The summed E-state index contributed by atoms with van der Waals surface area (Å²) in [7, 11) is -3.87. The summed E-state index contributed by atoms with van der Waals surface area (Å²) in [6.07, 6.45) is 0.899. The molecule has 4 rings (SSSR count). The van der Waals surface area contributed by atoms with E-state index in [1.165, 1.54) is 18.2 Å². The number of aromatic amines is 1. The average molecular weight is 413 g/mol. The van der Waals surface area contributed by atoms with Gasteiger partial charge in [-0.1, -0.05) is 24.3 Å². The van der Waals surface area contributed by atoms with E-state index in [2.05, 4.69) is 9.97 Å². The molecule has 0 atom stereocenters. The Kier molecular flexibility index (Phi) is 4.89. The first kappa shape index (κ1) is 19.2. The summed E-state index contributed by atoms with van der Waals surface area (Å²) in [6, 6.07) is 15.3. The van der Waals surface area contributed by atoms with E-state index in [4.69, 9.17) is 5.14 Å². The van der Waals surface area contributed by atoms with Crippen LogP contribution in [0.25, 0.3) is 22.2 Å². The highest BCUT2D eigenvalue weighted by atomic mass is 32.2. The lowest BCUT2D eigenvalue weighted by atomic mass is 10.1. The fourth-order valence-corrected chi connectivity index (χ4v) is 4.08. The Balaban J connectivity index is 1.64. The normalized spacial score (nSPS) is 11.8. The molecule has 8 heteroatoms. The molecule has 0 saturated carbocycles. The first-order chi connectivity index (χ1) is 13.8. The van der Waals surface area contributed by atoms with Crippen LogP contribution in [0.4, 0.5) is 8.78 Å². The molecule has 29 heavy (non-hydrogen) atoms. The second-order valence-corrected chi connectivity index (χ2v) is 8.26. The SMILES string of the molecule is NS(=O)(=O)c1ccccc1-c1ccc2[nH]c(CCc3cc(F)cc(F)c3)nc2c1. The maximum absolute atomic E-state index is 13.3. The molecule has 0 aliphatic rings. The maximum atomic E-state index is 13.3. The minimum absolute atomic E-state index is 0.0447. The lowest BCUT2D eigenvalue weighted by Crippen LogP contribution is -2.13. The summed E-state index contributed by atoms with van der Waals surface area (Å²) >= 11 is 0. The molecule has 0 aliphatic heterocycles. The van der Waals surface area contributed by atoms with Crippen molar-refractivity contribution in [2.45, 2.75) is 17.7 Å². The fraction of sp³-hybridized carbons (Fsp3) is 0.0952. The number of aryl methyl sites for hydroxylation is 2. The van der Waals surface area contributed by atoms with Gasteiger partial charge in [0.25, 0.3) is 0 Å². The number of aromatic nitrogens is 2. The van der Waals surface area contributed by atoms with Gasteiger partial charge in [-0.3, -0.25) is 0 Å². The van der Waals surface area contributed by atoms with Crippen molar-refractivity contribution in [3.8, 4) is 11.1 Å². The van der Waals surface area contributed by atoms with Gasteiger partial charge >= 0.3 is 0 Å². The zero-order chi connectivity index (χ0) is 20.6. The number of hydrogen-bond donors (Lipinski definition) is 2. The van der Waals surface area contributed by atoms with Crippen molar-refractivity contribution in [3.05, 3.63) is 83.7 Å². The number of halogens is 2. The van der Waals surface area contributed by atoms with Crippen LogP contribution in [0.3, 0.4) is 0 Å². The highest BCUT2D eigenvalue weighted by Gasteiger charge is 2.15. The van der Waals surface area contributed by atoms with Crippen LogP contribution in [0.5, 0.6) is 0 Å². The first-order valence-corrected chi connectivity index (χ1v) is 10.4. The van der Waals surface area contributed by atoms with E-state index in [-0.39, 0.29) is 4.90 Å². The van der Waals surface area contributed by atoms with Gasteiger partial charge in [0.15, 0.2) is 0 Å². The lowest BCUT2D eigenvalue weighted by molar-refractivity contribution is 0.579. The molecule has 0 bridgehead atoms. The van der Waals surface area contributed by atoms with Gasteiger partial charge in [-0.2, -0.15) is 0 Å². The van der Waals surface area contributed by atoms with Gasteiger partial charge < -0.3 is 4.98 Å². The highest BCUT2D eigenvalue weighted by molar-refractivity contribution is 7.89. The van der Waals surface area contributed by atoms with Gasteiger partial charge in [0.05, 0.1) is 15.9 Å². The van der Waals surface area contributed by atoms with Crippen molar-refractivity contribution in [2.75, 3.05) is 0 Å². The second-order valence-electron chi connectivity index (χ2n) is 6.73. The van der Waals surface area contributed by atoms with E-state index in [1.807, 2.05) is 6.07 Å². The van der Waals surface area contributed by atoms with Crippen LogP contribution in [0, 0.1) is 11.6 Å². The predicted molar refractivity (Wildman–Crippen MR) is 107 cm³/mol. The third-order valence-electron chi connectivity index (χ3n) is 4.61. The molecule has 148 valence electrons. The molecule has 0 aliphatic carbocycles. The molecule has 0 spiro atoms. The van der Waals surface area contributed by atoms with Gasteiger partial charge in [0.1, 0.15) is 17.5 Å². The van der Waals surface area contributed by atoms with Crippen molar-refractivity contribution in [1.82, 2.24) is 9.97 Å². The van der Waals surface area contributed by atoms with E-state index < -0.39 is 21.7 Å². The Labute approximate surface area is 166 Å². The van der Waals surface area contributed by atoms with E-state index in [1.54, 1.807) is 30.3 Å². The summed E-state index contributed by atoms with van der Waals surface area (Å²) < 4.78 is 50.4. The summed E-state index contributed by atoms with van der Waals surface area (Å²) in [5.74, 6) is -0.549. The molecular formula is C21H17F2N3O2S. The molecule has 0 fully saturated rings. The topological polar surface area (TPSA) is 88.8 Å². The van der Waals surface area contributed by atoms with Gasteiger partial charge in [0, 0.05) is 18.1 Å². The molecule has 1 aromatic heterocycles. The minimum atomic E-state index is -3.87. The predicted octanol–water partition coefficient (Wildman–Crippen LogP) is 3.94. The van der Waals surface area contributed by atoms with Crippen molar-refractivity contribution >= 4 is 21.1 Å². The van der Waals surface area contributed by atoms with Crippen LogP contribution in [0.1, 0.15) is 11.4 Å². The quantitative estimate of drug-likeness (QED) is 0.519. The number of nitrogens with two attached hydrogens (primary N) is 1. The number of hydrogen-bond acceptors (Lipinski definition) is 3. The summed E-state index contributed by atoms with van der Waals surface area (Å²) in [4.78, 5) is 7.75. The smallest absolute Gasteiger partial charge is 0.238 e. The van der Waals surface area contributed by atoms with Crippen molar-refractivity contribution in [3.63, 3.8) is 0 Å². The number of rotatable bonds is 5. The Morgan fingerprint density at radius 2 is 1.66 bits per heavy atom. The number of H-pyrrole nitrogens is 1. The van der Waals surface area contributed by atoms with Crippen LogP contribution < -0.4 is 5.14 Å². The number of benzene rings is 3. The van der Waals surface area contributed by atoms with Crippen LogP contribution in [-0.4, -0.2) is 18.4 Å². The molecule has 1 heterocycles. The third-order valence-corrected chi connectivity index (χ3v) is 5.58. The van der Waals surface area contributed by atoms with Gasteiger partial charge in [0.2, 0.25) is 10.0 Å². The van der Waals surface area contributed by atoms with Crippen molar-refractivity contribution in [1.29, 1.82) is 0 Å². The molecule has 0 unspecified atom stereocenters. The number of primary sulfonamides is 1. The van der Waals surface area contributed by atoms with Gasteiger partial charge in [-0.05, 0) is 47.9 Å². The molecule has 0 saturated heterocycles. The molecule has 3 aromatic carbocycles. The van der Waals surface area contributed by atoms with Crippen molar-refractivity contribution in [2.24, 2.45) is 5.14 Å². The van der Waals surface area contributed by atoms with E-state index in [0.717, 1.165) is 11.6 Å². The second kappa shape index (κ2) is 7.38. The summed E-state index contributed by atoms with van der Waals surface area (Å²) in [6.45, 7) is 0. The Bertz CT molecular complexity index is 1300. The molecule has 4 aromatic rings. The fourth-order valence-electron chi connectivity index (χ4n) is 3.32.